The Morgan fingerprint density at radius 1 is 1.36 bits per heavy atom. The standard InChI is InChI=1S/C6H9F3O2/c7-6(8,9)4-1-2-11-5(10)3-4/h4-5,10H,1-3H2. The van der Waals surface area contributed by atoms with Crippen LogP contribution >= 0.6 is 0 Å². The third kappa shape index (κ3) is 2.34. The molecule has 0 aliphatic carbocycles. The molecule has 1 heterocycles. The van der Waals surface area contributed by atoms with E-state index in [1.165, 1.54) is 0 Å². The number of aliphatic hydroxyl groups excluding tert-OH is 1. The Morgan fingerprint density at radius 3 is 2.36 bits per heavy atom. The Labute approximate surface area is 62.0 Å². The molecule has 2 unspecified atom stereocenters. The summed E-state index contributed by atoms with van der Waals surface area (Å²) in [7, 11) is 0. The van der Waals surface area contributed by atoms with Crippen molar-refractivity contribution < 1.29 is 23.0 Å². The van der Waals surface area contributed by atoms with Crippen molar-refractivity contribution in [3.8, 4) is 0 Å². The van der Waals surface area contributed by atoms with E-state index in [-0.39, 0.29) is 19.4 Å². The Bertz CT molecular complexity index is 134. The Kier molecular flexibility index (Phi) is 2.39. The van der Waals surface area contributed by atoms with Crippen LogP contribution in [0.5, 0.6) is 0 Å². The first-order valence-corrected chi connectivity index (χ1v) is 3.36. The molecule has 1 saturated heterocycles. The van der Waals surface area contributed by atoms with Crippen molar-refractivity contribution in [2.45, 2.75) is 25.3 Å². The number of aliphatic hydroxyl groups is 1. The van der Waals surface area contributed by atoms with Gasteiger partial charge in [0.1, 0.15) is 0 Å². The van der Waals surface area contributed by atoms with E-state index >= 15 is 0 Å². The van der Waals surface area contributed by atoms with E-state index in [4.69, 9.17) is 5.11 Å². The van der Waals surface area contributed by atoms with Crippen LogP contribution in [0, 0.1) is 5.92 Å². The van der Waals surface area contributed by atoms with E-state index in [1.807, 2.05) is 0 Å². The molecule has 1 aliphatic heterocycles. The summed E-state index contributed by atoms with van der Waals surface area (Å²) in [6, 6.07) is 0. The second kappa shape index (κ2) is 2.98. The van der Waals surface area contributed by atoms with Crippen molar-refractivity contribution in [1.82, 2.24) is 0 Å². The van der Waals surface area contributed by atoms with Crippen LogP contribution in [0.4, 0.5) is 13.2 Å². The zero-order valence-corrected chi connectivity index (χ0v) is 5.77. The minimum atomic E-state index is -4.19. The van der Waals surface area contributed by atoms with E-state index in [2.05, 4.69) is 4.74 Å². The number of rotatable bonds is 0. The van der Waals surface area contributed by atoms with Crippen LogP contribution in [0.3, 0.4) is 0 Å². The fourth-order valence-electron chi connectivity index (χ4n) is 1.07. The maximum Gasteiger partial charge on any atom is 0.392 e. The normalized spacial score (nSPS) is 33.8. The zero-order valence-electron chi connectivity index (χ0n) is 5.77. The molecule has 0 aromatic rings. The van der Waals surface area contributed by atoms with Crippen molar-refractivity contribution in [2.75, 3.05) is 6.61 Å². The van der Waals surface area contributed by atoms with Gasteiger partial charge < -0.3 is 9.84 Å². The summed E-state index contributed by atoms with van der Waals surface area (Å²) in [5.41, 5.74) is 0. The summed E-state index contributed by atoms with van der Waals surface area (Å²) in [6.45, 7) is -0.00859. The predicted octanol–water partition coefficient (Wildman–Crippen LogP) is 1.29. The Hall–Kier alpha value is -0.290. The molecule has 0 aromatic heterocycles. The molecule has 0 saturated carbocycles. The highest BCUT2D eigenvalue weighted by molar-refractivity contribution is 4.72. The molecule has 0 spiro atoms. The van der Waals surface area contributed by atoms with Crippen LogP contribution in [-0.2, 0) is 4.74 Å². The first-order valence-electron chi connectivity index (χ1n) is 3.36. The quantitative estimate of drug-likeness (QED) is 0.593. The first kappa shape index (κ1) is 8.80. The molecule has 1 rings (SSSR count). The van der Waals surface area contributed by atoms with Gasteiger partial charge in [0.2, 0.25) is 0 Å². The average molecular weight is 170 g/mol. The minimum absolute atomic E-state index is 0.00859. The van der Waals surface area contributed by atoms with Crippen LogP contribution in [0.1, 0.15) is 12.8 Å². The van der Waals surface area contributed by atoms with Crippen LogP contribution < -0.4 is 0 Å². The molecule has 5 heteroatoms. The van der Waals surface area contributed by atoms with Gasteiger partial charge in [-0.2, -0.15) is 13.2 Å². The Morgan fingerprint density at radius 2 is 2.00 bits per heavy atom. The molecule has 0 radical (unpaired) electrons. The fraction of sp³-hybridized carbons (Fsp3) is 1.00. The predicted molar refractivity (Wildman–Crippen MR) is 30.7 cm³/mol. The van der Waals surface area contributed by atoms with Crippen molar-refractivity contribution in [1.29, 1.82) is 0 Å². The smallest absolute Gasteiger partial charge is 0.368 e. The molecule has 1 aliphatic rings. The van der Waals surface area contributed by atoms with E-state index in [0.29, 0.717) is 0 Å². The van der Waals surface area contributed by atoms with Gasteiger partial charge in [-0.3, -0.25) is 0 Å². The summed E-state index contributed by atoms with van der Waals surface area (Å²) in [6.07, 6.45) is -5.80. The van der Waals surface area contributed by atoms with Gasteiger partial charge in [0, 0.05) is 6.42 Å². The molecule has 1 fully saturated rings. The van der Waals surface area contributed by atoms with Crippen LogP contribution in [0.25, 0.3) is 0 Å². The summed E-state index contributed by atoms with van der Waals surface area (Å²) in [5.74, 6) is -1.40. The van der Waals surface area contributed by atoms with Crippen LogP contribution in [0.15, 0.2) is 0 Å². The second-order valence-corrected chi connectivity index (χ2v) is 2.59. The molecule has 0 amide bonds. The number of hydrogen-bond acceptors (Lipinski definition) is 2. The van der Waals surface area contributed by atoms with Crippen LogP contribution in [0.2, 0.25) is 0 Å². The highest BCUT2D eigenvalue weighted by Crippen LogP contribution is 2.34. The lowest BCUT2D eigenvalue weighted by atomic mass is 9.99. The maximum atomic E-state index is 11.9. The average Bonchev–Trinajstić information content (AvgIpc) is 1.86. The highest BCUT2D eigenvalue weighted by Gasteiger charge is 2.42. The number of alkyl halides is 3. The van der Waals surface area contributed by atoms with E-state index in [9.17, 15) is 13.2 Å². The minimum Gasteiger partial charge on any atom is -0.368 e. The van der Waals surface area contributed by atoms with Crippen molar-refractivity contribution in [3.05, 3.63) is 0 Å². The van der Waals surface area contributed by atoms with E-state index in [0.717, 1.165) is 0 Å². The van der Waals surface area contributed by atoms with Gasteiger partial charge in [-0.15, -0.1) is 0 Å². The monoisotopic (exact) mass is 170 g/mol. The third-order valence-corrected chi connectivity index (χ3v) is 1.73. The second-order valence-electron chi connectivity index (χ2n) is 2.59. The molecule has 66 valence electrons. The summed E-state index contributed by atoms with van der Waals surface area (Å²) in [4.78, 5) is 0. The molecule has 1 N–H and O–H groups in total. The van der Waals surface area contributed by atoms with Gasteiger partial charge in [0.15, 0.2) is 6.29 Å². The zero-order chi connectivity index (χ0) is 8.48. The number of ether oxygens (including phenoxy) is 1. The molecule has 11 heavy (non-hydrogen) atoms. The molecule has 2 nitrogen and oxygen atoms in total. The first-order chi connectivity index (χ1) is 5.00. The van der Waals surface area contributed by atoms with Gasteiger partial charge in [0.05, 0.1) is 12.5 Å². The van der Waals surface area contributed by atoms with Crippen molar-refractivity contribution in [3.63, 3.8) is 0 Å². The lowest BCUT2D eigenvalue weighted by molar-refractivity contribution is -0.228. The maximum absolute atomic E-state index is 11.9. The van der Waals surface area contributed by atoms with Gasteiger partial charge in [-0.1, -0.05) is 0 Å². The van der Waals surface area contributed by atoms with Crippen molar-refractivity contribution in [2.24, 2.45) is 5.92 Å². The van der Waals surface area contributed by atoms with Crippen molar-refractivity contribution >= 4 is 0 Å². The lowest BCUT2D eigenvalue weighted by Crippen LogP contribution is -2.34. The summed E-state index contributed by atoms with van der Waals surface area (Å²) >= 11 is 0. The molecule has 0 bridgehead atoms. The summed E-state index contributed by atoms with van der Waals surface area (Å²) < 4.78 is 40.4. The summed E-state index contributed by atoms with van der Waals surface area (Å²) in [5, 5.41) is 8.72. The topological polar surface area (TPSA) is 29.5 Å². The largest absolute Gasteiger partial charge is 0.392 e. The molecular weight excluding hydrogens is 161 g/mol. The molecule has 0 aromatic carbocycles. The number of hydrogen-bond donors (Lipinski definition) is 1. The molecular formula is C6H9F3O2. The van der Waals surface area contributed by atoms with Gasteiger partial charge >= 0.3 is 6.18 Å². The highest BCUT2D eigenvalue weighted by atomic mass is 19.4. The lowest BCUT2D eigenvalue weighted by Gasteiger charge is -2.27. The Balaban J connectivity index is 2.46. The van der Waals surface area contributed by atoms with E-state index < -0.39 is 18.4 Å². The van der Waals surface area contributed by atoms with Gasteiger partial charge in [0.25, 0.3) is 0 Å². The molecule has 2 atom stereocenters. The third-order valence-electron chi connectivity index (χ3n) is 1.73. The fourth-order valence-corrected chi connectivity index (χ4v) is 1.07. The van der Waals surface area contributed by atoms with E-state index in [1.54, 1.807) is 0 Å². The SMILES string of the molecule is OC1CC(C(F)(F)F)CCO1. The number of halogens is 3. The van der Waals surface area contributed by atoms with Gasteiger partial charge in [-0.25, -0.2) is 0 Å². The van der Waals surface area contributed by atoms with Gasteiger partial charge in [-0.05, 0) is 6.42 Å². The van der Waals surface area contributed by atoms with Crippen LogP contribution in [-0.4, -0.2) is 24.2 Å².